The Labute approximate surface area is 190 Å². The number of benzene rings is 2. The average molecular weight is 471 g/mol. The molecule has 2 aromatic rings. The summed E-state index contributed by atoms with van der Waals surface area (Å²) in [7, 11) is -3.65. The molecule has 2 amide bonds. The third-order valence-corrected chi connectivity index (χ3v) is 7.16. The highest BCUT2D eigenvalue weighted by Gasteiger charge is 2.34. The van der Waals surface area contributed by atoms with E-state index in [9.17, 15) is 18.0 Å². The van der Waals surface area contributed by atoms with E-state index < -0.39 is 16.1 Å². The van der Waals surface area contributed by atoms with Crippen LogP contribution in [0.25, 0.3) is 0 Å². The summed E-state index contributed by atoms with van der Waals surface area (Å²) in [5.74, 6) is 0.922. The largest absolute Gasteiger partial charge is 0.485 e. The van der Waals surface area contributed by atoms with E-state index in [0.29, 0.717) is 43.2 Å². The smallest absolute Gasteiger partial charge is 0.267 e. The van der Waals surface area contributed by atoms with Crippen molar-refractivity contribution in [2.45, 2.75) is 11.0 Å². The fourth-order valence-corrected chi connectivity index (χ4v) is 5.27. The number of rotatable bonds is 3. The van der Waals surface area contributed by atoms with Crippen molar-refractivity contribution < 1.29 is 27.5 Å². The molecule has 0 aromatic heterocycles. The van der Waals surface area contributed by atoms with Crippen LogP contribution < -0.4 is 14.2 Å². The molecule has 2 aromatic carbocycles. The van der Waals surface area contributed by atoms with Crippen molar-refractivity contribution in [1.29, 1.82) is 0 Å². The zero-order valence-corrected chi connectivity index (χ0v) is 18.5. The first-order chi connectivity index (χ1) is 15.9. The Kier molecular flexibility index (Phi) is 5.41. The van der Waals surface area contributed by atoms with Gasteiger partial charge in [-0.25, -0.2) is 8.42 Å². The standard InChI is InChI=1S/C22H22N4O6S/c27-20(13-23-21-15-5-1-4-8-19(15)33(29,30)24-21)25-9-11-26(12-10-25)22(28)18-14-31-16-6-2-3-7-17(16)32-18/h1-8,18H,9-14H2,(H,23,24)/t18-/m0/s1. The monoisotopic (exact) mass is 470 g/mol. The summed E-state index contributed by atoms with van der Waals surface area (Å²) in [5, 5.41) is 0. The van der Waals surface area contributed by atoms with Crippen LogP contribution in [0.15, 0.2) is 58.4 Å². The quantitative estimate of drug-likeness (QED) is 0.687. The van der Waals surface area contributed by atoms with Crippen molar-refractivity contribution in [3.63, 3.8) is 0 Å². The Bertz CT molecular complexity index is 1240. The molecule has 0 bridgehead atoms. The van der Waals surface area contributed by atoms with Crippen LogP contribution in [-0.2, 0) is 19.6 Å². The minimum absolute atomic E-state index is 0.143. The van der Waals surface area contributed by atoms with Gasteiger partial charge in [0.2, 0.25) is 12.0 Å². The first kappa shape index (κ1) is 21.3. The van der Waals surface area contributed by atoms with Gasteiger partial charge in [0.25, 0.3) is 15.9 Å². The molecule has 1 fully saturated rings. The van der Waals surface area contributed by atoms with E-state index in [1.807, 2.05) is 12.1 Å². The highest BCUT2D eigenvalue weighted by atomic mass is 32.2. The number of sulfonamides is 1. The summed E-state index contributed by atoms with van der Waals surface area (Å²) in [4.78, 5) is 33.1. The maximum absolute atomic E-state index is 12.8. The molecular weight excluding hydrogens is 448 g/mol. The van der Waals surface area contributed by atoms with Crippen LogP contribution in [0.2, 0.25) is 0 Å². The summed E-state index contributed by atoms with van der Waals surface area (Å²) >= 11 is 0. The third kappa shape index (κ3) is 4.11. The van der Waals surface area contributed by atoms with Gasteiger partial charge in [0, 0.05) is 31.7 Å². The summed E-state index contributed by atoms with van der Waals surface area (Å²) < 4.78 is 38.1. The molecule has 11 heteroatoms. The maximum Gasteiger partial charge on any atom is 0.267 e. The molecule has 3 aliphatic heterocycles. The van der Waals surface area contributed by atoms with Crippen LogP contribution in [-0.4, -0.2) is 81.3 Å². The SMILES string of the molecule is O=C(CN=C1NS(=O)(=O)c2ccccc21)N1CCN(C(=O)[C@@H]2COc3ccccc3O2)CC1. The van der Waals surface area contributed by atoms with Gasteiger partial charge in [-0.3, -0.25) is 19.3 Å². The number of para-hydroxylation sites is 2. The lowest BCUT2D eigenvalue weighted by atomic mass is 10.2. The molecule has 5 rings (SSSR count). The predicted molar refractivity (Wildman–Crippen MR) is 118 cm³/mol. The number of carbonyl (C=O) groups is 2. The van der Waals surface area contributed by atoms with Crippen LogP contribution in [0.4, 0.5) is 0 Å². The van der Waals surface area contributed by atoms with Gasteiger partial charge in [-0.15, -0.1) is 0 Å². The molecule has 33 heavy (non-hydrogen) atoms. The molecule has 0 spiro atoms. The van der Waals surface area contributed by atoms with Gasteiger partial charge in [0.1, 0.15) is 19.0 Å². The second kappa shape index (κ2) is 8.39. The van der Waals surface area contributed by atoms with Crippen molar-refractivity contribution >= 4 is 27.7 Å². The number of nitrogens with zero attached hydrogens (tertiary/aromatic N) is 3. The fourth-order valence-electron chi connectivity index (χ4n) is 4.02. The second-order valence-corrected chi connectivity index (χ2v) is 9.49. The number of nitrogens with one attached hydrogen (secondary N) is 1. The molecule has 0 aliphatic carbocycles. The lowest BCUT2D eigenvalue weighted by molar-refractivity contribution is -0.145. The first-order valence-corrected chi connectivity index (χ1v) is 12.0. The minimum Gasteiger partial charge on any atom is -0.485 e. The number of hydrogen-bond donors (Lipinski definition) is 1. The number of aliphatic imine (C=N–C) groups is 1. The topological polar surface area (TPSA) is 118 Å². The van der Waals surface area contributed by atoms with Crippen LogP contribution in [0.3, 0.4) is 0 Å². The Morgan fingerprint density at radius 3 is 2.42 bits per heavy atom. The van der Waals surface area contributed by atoms with Crippen LogP contribution in [0.5, 0.6) is 11.5 Å². The first-order valence-electron chi connectivity index (χ1n) is 10.5. The number of amidine groups is 1. The Morgan fingerprint density at radius 2 is 1.64 bits per heavy atom. The number of carbonyl (C=O) groups excluding carboxylic acids is 2. The molecule has 1 atom stereocenters. The molecule has 3 aliphatic rings. The molecule has 0 radical (unpaired) electrons. The van der Waals surface area contributed by atoms with Crippen molar-refractivity contribution in [1.82, 2.24) is 14.5 Å². The number of fused-ring (bicyclic) bond motifs is 2. The summed E-state index contributed by atoms with van der Waals surface area (Å²) in [6.07, 6.45) is -0.719. The van der Waals surface area contributed by atoms with Gasteiger partial charge in [-0.2, -0.15) is 0 Å². The Morgan fingerprint density at radius 1 is 0.970 bits per heavy atom. The van der Waals surface area contributed by atoms with E-state index >= 15 is 0 Å². The van der Waals surface area contributed by atoms with Gasteiger partial charge in [-0.05, 0) is 24.3 Å². The lowest BCUT2D eigenvalue weighted by Gasteiger charge is -2.37. The maximum atomic E-state index is 12.8. The highest BCUT2D eigenvalue weighted by molar-refractivity contribution is 7.90. The molecule has 10 nitrogen and oxygen atoms in total. The lowest BCUT2D eigenvalue weighted by Crippen LogP contribution is -2.55. The number of hydrogen-bond acceptors (Lipinski definition) is 7. The molecule has 1 N–H and O–H groups in total. The number of ether oxygens (including phenoxy) is 2. The Balaban J connectivity index is 1.16. The van der Waals surface area contributed by atoms with Gasteiger partial charge in [0.15, 0.2) is 11.5 Å². The van der Waals surface area contributed by atoms with E-state index in [2.05, 4.69) is 9.71 Å². The van der Waals surface area contributed by atoms with E-state index in [0.717, 1.165) is 0 Å². The molecule has 3 heterocycles. The van der Waals surface area contributed by atoms with Crippen LogP contribution >= 0.6 is 0 Å². The molecule has 0 unspecified atom stereocenters. The average Bonchev–Trinajstić information content (AvgIpc) is 3.12. The van der Waals surface area contributed by atoms with E-state index in [1.165, 1.54) is 6.07 Å². The normalized spacial score (nSPS) is 21.9. The predicted octanol–water partition coefficient (Wildman–Crippen LogP) is 0.236. The summed E-state index contributed by atoms with van der Waals surface area (Å²) in [5.41, 5.74) is 0.456. The number of amides is 2. The van der Waals surface area contributed by atoms with Crippen molar-refractivity contribution in [2.24, 2.45) is 4.99 Å². The molecule has 0 saturated carbocycles. The van der Waals surface area contributed by atoms with Crippen LogP contribution in [0, 0.1) is 0 Å². The van der Waals surface area contributed by atoms with Gasteiger partial charge in [-0.1, -0.05) is 24.3 Å². The van der Waals surface area contributed by atoms with Crippen molar-refractivity contribution in [3.05, 3.63) is 54.1 Å². The van der Waals surface area contributed by atoms with Gasteiger partial charge < -0.3 is 19.3 Å². The minimum atomic E-state index is -3.65. The fraction of sp³-hybridized carbons (Fsp3) is 0.318. The summed E-state index contributed by atoms with van der Waals surface area (Å²) in [6.45, 7) is 1.43. The van der Waals surface area contributed by atoms with Crippen molar-refractivity contribution in [2.75, 3.05) is 39.3 Å². The number of piperazine rings is 1. The highest BCUT2D eigenvalue weighted by Crippen LogP contribution is 2.31. The molecule has 1 saturated heterocycles. The van der Waals surface area contributed by atoms with Crippen LogP contribution in [0.1, 0.15) is 5.56 Å². The van der Waals surface area contributed by atoms with Gasteiger partial charge in [0.05, 0.1) is 4.90 Å². The zero-order chi connectivity index (χ0) is 23.0. The van der Waals surface area contributed by atoms with E-state index in [1.54, 1.807) is 40.1 Å². The third-order valence-electron chi connectivity index (χ3n) is 5.76. The second-order valence-electron chi connectivity index (χ2n) is 7.84. The zero-order valence-electron chi connectivity index (χ0n) is 17.6. The Hall–Kier alpha value is -3.60. The molecular formula is C22H22N4O6S. The van der Waals surface area contributed by atoms with Gasteiger partial charge >= 0.3 is 0 Å². The van der Waals surface area contributed by atoms with Crippen molar-refractivity contribution in [3.8, 4) is 11.5 Å². The van der Waals surface area contributed by atoms with E-state index in [4.69, 9.17) is 9.47 Å². The van der Waals surface area contributed by atoms with E-state index in [-0.39, 0.29) is 35.7 Å². The summed E-state index contributed by atoms with van der Waals surface area (Å²) in [6, 6.07) is 13.7. The molecule has 172 valence electrons.